The van der Waals surface area contributed by atoms with Gasteiger partial charge >= 0.3 is 6.09 Å². The number of carbonyl (C=O) groups is 3. The summed E-state index contributed by atoms with van der Waals surface area (Å²) in [5, 5.41) is 0. The molecule has 0 aromatic heterocycles. The van der Waals surface area contributed by atoms with Crippen molar-refractivity contribution in [3.8, 4) is 0 Å². The number of benzene rings is 1. The molecule has 0 radical (unpaired) electrons. The minimum Gasteiger partial charge on any atom is -0.453 e. The smallest absolute Gasteiger partial charge is 0.409 e. The number of rotatable bonds is 3. The van der Waals surface area contributed by atoms with E-state index >= 15 is 0 Å². The lowest BCUT2D eigenvalue weighted by Crippen LogP contribution is -2.53. The molecule has 0 bridgehead atoms. The molecule has 2 heterocycles. The molecule has 2 fully saturated rings. The number of hydrogen-bond donors (Lipinski definition) is 0. The summed E-state index contributed by atoms with van der Waals surface area (Å²) >= 11 is 9.90. The molecule has 1 aromatic carbocycles. The summed E-state index contributed by atoms with van der Waals surface area (Å²) in [5.74, 6) is -0.457. The van der Waals surface area contributed by atoms with Crippen LogP contribution in [0.2, 0.25) is 0 Å². The van der Waals surface area contributed by atoms with E-state index in [1.165, 1.54) is 23.8 Å². The van der Waals surface area contributed by atoms with Crippen LogP contribution in [0.25, 0.3) is 6.08 Å². The number of piperazine rings is 1. The molecule has 0 N–H and O–H groups in total. The van der Waals surface area contributed by atoms with Crippen molar-refractivity contribution in [2.75, 3.05) is 39.8 Å². The van der Waals surface area contributed by atoms with Crippen molar-refractivity contribution in [2.45, 2.75) is 0 Å². The summed E-state index contributed by atoms with van der Waals surface area (Å²) in [4.78, 5) is 41.8. The van der Waals surface area contributed by atoms with Gasteiger partial charge in [-0.3, -0.25) is 14.5 Å². The fourth-order valence-corrected chi connectivity index (χ4v) is 4.56. The lowest BCUT2D eigenvalue weighted by Gasteiger charge is -2.34. The normalized spacial score (nSPS) is 18.8. The van der Waals surface area contributed by atoms with E-state index in [1.54, 1.807) is 15.9 Å². The lowest BCUT2D eigenvalue weighted by atomic mass is 10.2. The molecule has 1 aromatic rings. The van der Waals surface area contributed by atoms with Crippen LogP contribution in [0.4, 0.5) is 4.79 Å². The molecular weight excluding hydrogens is 466 g/mol. The lowest BCUT2D eigenvalue weighted by molar-refractivity contribution is -0.136. The molecule has 0 unspecified atom stereocenters. The minimum absolute atomic E-state index is 0.0985. The number of carbonyl (C=O) groups excluding carboxylic acids is 3. The van der Waals surface area contributed by atoms with Gasteiger partial charge in [0.25, 0.3) is 5.91 Å². The topological polar surface area (TPSA) is 70.2 Å². The second-order valence-electron chi connectivity index (χ2n) is 6.16. The van der Waals surface area contributed by atoms with Crippen LogP contribution in [0, 0.1) is 0 Å². The molecule has 0 atom stereocenters. The van der Waals surface area contributed by atoms with Crippen molar-refractivity contribution in [3.63, 3.8) is 0 Å². The van der Waals surface area contributed by atoms with Crippen molar-refractivity contribution in [1.29, 1.82) is 0 Å². The van der Waals surface area contributed by atoms with Crippen LogP contribution in [0.1, 0.15) is 5.56 Å². The van der Waals surface area contributed by atoms with Crippen molar-refractivity contribution < 1.29 is 19.1 Å². The van der Waals surface area contributed by atoms with Gasteiger partial charge in [0.05, 0.1) is 12.0 Å². The van der Waals surface area contributed by atoms with E-state index < -0.39 is 6.09 Å². The van der Waals surface area contributed by atoms with E-state index in [-0.39, 0.29) is 18.4 Å². The number of thiocarbonyl (C=S) groups is 1. The highest BCUT2D eigenvalue weighted by molar-refractivity contribution is 9.10. The molecule has 2 saturated heterocycles. The first-order valence-corrected chi connectivity index (χ1v) is 10.5. The third-order valence-corrected chi connectivity index (χ3v) is 6.25. The van der Waals surface area contributed by atoms with Crippen molar-refractivity contribution in [3.05, 3.63) is 39.2 Å². The van der Waals surface area contributed by atoms with Gasteiger partial charge in [-0.05, 0) is 23.8 Å². The summed E-state index contributed by atoms with van der Waals surface area (Å²) in [5.41, 5.74) is 0.875. The predicted molar refractivity (Wildman–Crippen MR) is 115 cm³/mol. The van der Waals surface area contributed by atoms with E-state index in [0.717, 1.165) is 10.0 Å². The van der Waals surface area contributed by atoms with Crippen LogP contribution in [-0.2, 0) is 14.3 Å². The molecule has 10 heteroatoms. The number of methoxy groups -OCH3 is 1. The Kier molecular flexibility index (Phi) is 6.73. The van der Waals surface area contributed by atoms with Crippen LogP contribution in [0.3, 0.4) is 0 Å². The van der Waals surface area contributed by atoms with E-state index in [9.17, 15) is 14.4 Å². The maximum atomic E-state index is 12.7. The van der Waals surface area contributed by atoms with Gasteiger partial charge in [0.15, 0.2) is 0 Å². The third kappa shape index (κ3) is 4.73. The average Bonchev–Trinajstić information content (AvgIpc) is 2.94. The first-order valence-electron chi connectivity index (χ1n) is 8.50. The van der Waals surface area contributed by atoms with Crippen molar-refractivity contribution in [2.24, 2.45) is 0 Å². The highest BCUT2D eigenvalue weighted by atomic mass is 79.9. The van der Waals surface area contributed by atoms with Crippen LogP contribution >= 0.6 is 39.9 Å². The van der Waals surface area contributed by atoms with Gasteiger partial charge in [-0.25, -0.2) is 4.79 Å². The van der Waals surface area contributed by atoms with Crippen LogP contribution in [0.15, 0.2) is 33.6 Å². The second kappa shape index (κ2) is 9.06. The van der Waals surface area contributed by atoms with Gasteiger partial charge in [0.1, 0.15) is 10.9 Å². The number of halogens is 1. The van der Waals surface area contributed by atoms with Crippen molar-refractivity contribution >= 4 is 68.2 Å². The van der Waals surface area contributed by atoms with Crippen LogP contribution < -0.4 is 0 Å². The molecule has 148 valence electrons. The van der Waals surface area contributed by atoms with E-state index in [2.05, 4.69) is 15.9 Å². The van der Waals surface area contributed by atoms with Gasteiger partial charge in [0.2, 0.25) is 5.91 Å². The minimum atomic E-state index is -0.401. The Morgan fingerprint density at radius 1 is 1.25 bits per heavy atom. The SMILES string of the molecule is COC(=O)N1CCN(C(=O)CN2C(=O)/C(=C/c3cccc(Br)c3)SC2=S)CC1. The molecule has 7 nitrogen and oxygen atoms in total. The summed E-state index contributed by atoms with van der Waals surface area (Å²) in [6.07, 6.45) is 1.37. The van der Waals surface area contributed by atoms with E-state index in [1.807, 2.05) is 24.3 Å². The second-order valence-corrected chi connectivity index (χ2v) is 8.75. The molecule has 0 spiro atoms. The molecule has 2 aliphatic heterocycles. The molecule has 28 heavy (non-hydrogen) atoms. The Morgan fingerprint density at radius 3 is 2.57 bits per heavy atom. The predicted octanol–water partition coefficient (Wildman–Crippen LogP) is 2.56. The number of hydrogen-bond acceptors (Lipinski definition) is 6. The Balaban J connectivity index is 1.62. The van der Waals surface area contributed by atoms with Crippen LogP contribution in [-0.4, -0.2) is 76.8 Å². The Labute approximate surface area is 180 Å². The quantitative estimate of drug-likeness (QED) is 0.485. The van der Waals surface area contributed by atoms with Crippen molar-refractivity contribution in [1.82, 2.24) is 14.7 Å². The molecule has 3 rings (SSSR count). The van der Waals surface area contributed by atoms with E-state index in [0.29, 0.717) is 35.4 Å². The zero-order valence-electron chi connectivity index (χ0n) is 15.1. The third-order valence-electron chi connectivity index (χ3n) is 4.38. The summed E-state index contributed by atoms with van der Waals surface area (Å²) < 4.78 is 5.97. The number of nitrogens with zero attached hydrogens (tertiary/aromatic N) is 3. The monoisotopic (exact) mass is 483 g/mol. The number of thioether (sulfide) groups is 1. The number of amides is 3. The Bertz CT molecular complexity index is 853. The number of ether oxygens (including phenoxy) is 1. The standard InChI is InChI=1S/C18H18BrN3O4S2/c1-26-17(25)21-7-5-20(6-8-21)15(23)11-22-16(24)14(28-18(22)27)10-12-3-2-4-13(19)9-12/h2-4,9-10H,5-8,11H2,1H3/b14-10-. The summed E-state index contributed by atoms with van der Waals surface area (Å²) in [7, 11) is 1.33. The molecular formula is C18H18BrN3O4S2. The first kappa shape index (κ1) is 20.8. The molecule has 3 amide bonds. The summed E-state index contributed by atoms with van der Waals surface area (Å²) in [6.45, 7) is 1.51. The highest BCUT2D eigenvalue weighted by Crippen LogP contribution is 2.32. The van der Waals surface area contributed by atoms with Gasteiger partial charge in [-0.15, -0.1) is 0 Å². The van der Waals surface area contributed by atoms with E-state index in [4.69, 9.17) is 17.0 Å². The van der Waals surface area contributed by atoms with Crippen LogP contribution in [0.5, 0.6) is 0 Å². The van der Waals surface area contributed by atoms with Gasteiger partial charge in [0, 0.05) is 30.7 Å². The van der Waals surface area contributed by atoms with Gasteiger partial charge in [-0.2, -0.15) is 0 Å². The zero-order chi connectivity index (χ0) is 20.3. The fourth-order valence-electron chi connectivity index (χ4n) is 2.89. The molecule has 0 aliphatic carbocycles. The maximum absolute atomic E-state index is 12.7. The zero-order valence-corrected chi connectivity index (χ0v) is 18.3. The van der Waals surface area contributed by atoms with Gasteiger partial charge < -0.3 is 14.5 Å². The fraction of sp³-hybridized carbons (Fsp3) is 0.333. The van der Waals surface area contributed by atoms with Gasteiger partial charge in [-0.1, -0.05) is 52.0 Å². The Morgan fingerprint density at radius 2 is 1.93 bits per heavy atom. The highest BCUT2D eigenvalue weighted by Gasteiger charge is 2.35. The molecule has 2 aliphatic rings. The maximum Gasteiger partial charge on any atom is 0.409 e. The summed E-state index contributed by atoms with van der Waals surface area (Å²) in [6, 6.07) is 7.58. The molecule has 0 saturated carbocycles. The largest absolute Gasteiger partial charge is 0.453 e. The first-order chi connectivity index (χ1) is 13.4. The Hall–Kier alpha value is -1.91. The average molecular weight is 484 g/mol.